The van der Waals surface area contributed by atoms with Crippen molar-refractivity contribution in [3.8, 4) is 0 Å². The molecule has 2 rings (SSSR count). The maximum Gasteiger partial charge on any atom is 0.412 e. The van der Waals surface area contributed by atoms with Gasteiger partial charge in [-0.3, -0.25) is 10.4 Å². The van der Waals surface area contributed by atoms with Crippen molar-refractivity contribution >= 4 is 11.8 Å². The number of nitrogens with zero attached hydrogens (tertiary/aromatic N) is 1. The van der Waals surface area contributed by atoms with E-state index in [4.69, 9.17) is 4.74 Å². The number of carbonyl (C=O) groups is 1. The largest absolute Gasteiger partial charge is 0.440 e. The Morgan fingerprint density at radius 1 is 1.58 bits per heavy atom. The van der Waals surface area contributed by atoms with Crippen molar-refractivity contribution in [2.75, 3.05) is 5.32 Å². The number of fused-ring (bicyclic) bond motifs is 1. The van der Waals surface area contributed by atoms with Gasteiger partial charge in [0.2, 0.25) is 0 Å². The number of aromatic nitrogens is 2. The summed E-state index contributed by atoms with van der Waals surface area (Å²) in [5, 5.41) is 9.38. The number of nitrogens with one attached hydrogen (secondary N) is 2. The molecule has 2 N–H and O–H groups in total. The van der Waals surface area contributed by atoms with Crippen LogP contribution in [0.4, 0.5) is 10.5 Å². The van der Waals surface area contributed by atoms with Gasteiger partial charge in [-0.1, -0.05) is 0 Å². The van der Waals surface area contributed by atoms with Crippen LogP contribution in [0.25, 0.3) is 0 Å². The normalized spacial score (nSPS) is 21.2. The van der Waals surface area contributed by atoms with E-state index < -0.39 is 6.09 Å². The summed E-state index contributed by atoms with van der Waals surface area (Å²) in [6.45, 7) is 3.64. The van der Waals surface area contributed by atoms with E-state index in [0.717, 1.165) is 17.1 Å². The van der Waals surface area contributed by atoms with E-state index in [0.29, 0.717) is 0 Å². The second-order valence-corrected chi connectivity index (χ2v) is 2.78. The first-order chi connectivity index (χ1) is 5.68. The number of carbonyl (C=O) groups excluding carboxylic acids is 1. The van der Waals surface area contributed by atoms with Crippen LogP contribution in [0, 0.1) is 6.92 Å². The molecule has 64 valence electrons. The fourth-order valence-electron chi connectivity index (χ4n) is 1.25. The molecule has 0 fully saturated rings. The maximum absolute atomic E-state index is 10.9. The standard InChI is InChI=1S/C7H9N3O2/c1-3-5-6(10-9-3)4(2)12-7(11)8-5/h4H,1-2H3,(H,8,11)(H,9,10)/t4-/m0/s1. The summed E-state index contributed by atoms with van der Waals surface area (Å²) in [6.07, 6.45) is -0.682. The number of hydrogen-bond donors (Lipinski definition) is 2. The van der Waals surface area contributed by atoms with Gasteiger partial charge >= 0.3 is 6.09 Å². The van der Waals surface area contributed by atoms with Gasteiger partial charge in [0, 0.05) is 0 Å². The van der Waals surface area contributed by atoms with Gasteiger partial charge in [0.25, 0.3) is 0 Å². The summed E-state index contributed by atoms with van der Waals surface area (Å²) in [5.41, 5.74) is 2.36. The molecule has 0 unspecified atom stereocenters. The Labute approximate surface area is 69.1 Å². The number of aryl methyl sites for hydroxylation is 1. The van der Waals surface area contributed by atoms with Gasteiger partial charge in [-0.05, 0) is 13.8 Å². The predicted octanol–water partition coefficient (Wildman–Crippen LogP) is 1.34. The molecule has 2 heterocycles. The van der Waals surface area contributed by atoms with E-state index in [9.17, 15) is 4.79 Å². The average Bonchev–Trinajstić information content (AvgIpc) is 2.33. The van der Waals surface area contributed by atoms with Crippen LogP contribution in [-0.2, 0) is 4.74 Å². The third-order valence-electron chi connectivity index (χ3n) is 1.87. The molecule has 0 aromatic carbocycles. The van der Waals surface area contributed by atoms with E-state index in [1.807, 2.05) is 6.92 Å². The highest BCUT2D eigenvalue weighted by Gasteiger charge is 2.26. The fourth-order valence-corrected chi connectivity index (χ4v) is 1.25. The molecule has 1 amide bonds. The maximum atomic E-state index is 10.9. The Balaban J connectivity index is 2.49. The van der Waals surface area contributed by atoms with Gasteiger partial charge in [-0.2, -0.15) is 5.10 Å². The molecule has 1 atom stereocenters. The molecule has 1 aliphatic heterocycles. The van der Waals surface area contributed by atoms with Crippen LogP contribution in [0.15, 0.2) is 0 Å². The number of H-pyrrole nitrogens is 1. The lowest BCUT2D eigenvalue weighted by Gasteiger charge is -2.18. The molecule has 1 aromatic rings. The summed E-state index contributed by atoms with van der Waals surface area (Å²) in [5.74, 6) is 0. The molecule has 0 aliphatic carbocycles. The highest BCUT2D eigenvalue weighted by molar-refractivity contribution is 5.88. The van der Waals surface area contributed by atoms with Crippen molar-refractivity contribution in [1.29, 1.82) is 0 Å². The Kier molecular flexibility index (Phi) is 1.33. The first-order valence-electron chi connectivity index (χ1n) is 3.71. The highest BCUT2D eigenvalue weighted by Crippen LogP contribution is 2.30. The van der Waals surface area contributed by atoms with Crippen LogP contribution < -0.4 is 5.32 Å². The lowest BCUT2D eigenvalue weighted by Crippen LogP contribution is -2.22. The molecular weight excluding hydrogens is 158 g/mol. The van der Waals surface area contributed by atoms with E-state index in [-0.39, 0.29) is 6.10 Å². The number of amides is 1. The Morgan fingerprint density at radius 2 is 2.33 bits per heavy atom. The highest BCUT2D eigenvalue weighted by atomic mass is 16.6. The molecule has 0 saturated carbocycles. The zero-order valence-electron chi connectivity index (χ0n) is 6.84. The van der Waals surface area contributed by atoms with Crippen molar-refractivity contribution in [3.05, 3.63) is 11.4 Å². The van der Waals surface area contributed by atoms with Crippen molar-refractivity contribution < 1.29 is 9.53 Å². The lowest BCUT2D eigenvalue weighted by atomic mass is 10.2. The topological polar surface area (TPSA) is 67.0 Å². The molecule has 12 heavy (non-hydrogen) atoms. The summed E-state index contributed by atoms with van der Waals surface area (Å²) < 4.78 is 4.89. The zero-order chi connectivity index (χ0) is 8.72. The van der Waals surface area contributed by atoms with Crippen LogP contribution in [0.5, 0.6) is 0 Å². The van der Waals surface area contributed by atoms with Crippen molar-refractivity contribution in [2.24, 2.45) is 0 Å². The molecule has 0 radical (unpaired) electrons. The van der Waals surface area contributed by atoms with E-state index in [1.165, 1.54) is 0 Å². The average molecular weight is 167 g/mol. The number of anilines is 1. The van der Waals surface area contributed by atoms with Crippen molar-refractivity contribution in [2.45, 2.75) is 20.0 Å². The van der Waals surface area contributed by atoms with Gasteiger partial charge in [0.05, 0.1) is 11.4 Å². The molecule has 5 nitrogen and oxygen atoms in total. The van der Waals surface area contributed by atoms with E-state index >= 15 is 0 Å². The van der Waals surface area contributed by atoms with Crippen LogP contribution in [0.1, 0.15) is 24.4 Å². The van der Waals surface area contributed by atoms with E-state index in [1.54, 1.807) is 6.92 Å². The number of rotatable bonds is 0. The third-order valence-corrected chi connectivity index (χ3v) is 1.87. The first-order valence-corrected chi connectivity index (χ1v) is 3.71. The van der Waals surface area contributed by atoms with Crippen molar-refractivity contribution in [3.63, 3.8) is 0 Å². The summed E-state index contributed by atoms with van der Waals surface area (Å²) in [4.78, 5) is 10.9. The predicted molar refractivity (Wildman–Crippen MR) is 41.8 cm³/mol. The van der Waals surface area contributed by atoms with Crippen LogP contribution in [0.3, 0.4) is 0 Å². The van der Waals surface area contributed by atoms with Gasteiger partial charge in [-0.15, -0.1) is 0 Å². The Hall–Kier alpha value is -1.52. The number of ether oxygens (including phenoxy) is 1. The number of aromatic amines is 1. The first kappa shape index (κ1) is 7.15. The molecule has 1 aromatic heterocycles. The van der Waals surface area contributed by atoms with Crippen LogP contribution in [-0.4, -0.2) is 16.3 Å². The Bertz CT molecular complexity index is 331. The zero-order valence-corrected chi connectivity index (χ0v) is 6.84. The van der Waals surface area contributed by atoms with Crippen molar-refractivity contribution in [1.82, 2.24) is 10.2 Å². The quantitative estimate of drug-likeness (QED) is 0.612. The minimum absolute atomic E-state index is 0.265. The lowest BCUT2D eigenvalue weighted by molar-refractivity contribution is 0.114. The minimum atomic E-state index is -0.417. The van der Waals surface area contributed by atoms with Gasteiger partial charge in [0.15, 0.2) is 0 Å². The molecule has 5 heteroatoms. The molecular formula is C7H9N3O2. The Morgan fingerprint density at radius 3 is 3.08 bits per heavy atom. The monoisotopic (exact) mass is 167 g/mol. The fraction of sp³-hybridized carbons (Fsp3) is 0.429. The molecule has 0 saturated heterocycles. The molecule has 1 aliphatic rings. The van der Waals surface area contributed by atoms with Gasteiger partial charge in [-0.25, -0.2) is 4.79 Å². The van der Waals surface area contributed by atoms with Gasteiger partial charge < -0.3 is 4.74 Å². The minimum Gasteiger partial charge on any atom is -0.440 e. The van der Waals surface area contributed by atoms with Crippen LogP contribution in [0.2, 0.25) is 0 Å². The summed E-state index contributed by atoms with van der Waals surface area (Å²) in [6, 6.07) is 0. The van der Waals surface area contributed by atoms with E-state index in [2.05, 4.69) is 15.5 Å². The number of cyclic esters (lactones) is 1. The summed E-state index contributed by atoms with van der Waals surface area (Å²) >= 11 is 0. The number of hydrogen-bond acceptors (Lipinski definition) is 3. The third kappa shape index (κ3) is 0.861. The molecule has 0 bridgehead atoms. The van der Waals surface area contributed by atoms with Crippen LogP contribution >= 0.6 is 0 Å². The summed E-state index contributed by atoms with van der Waals surface area (Å²) in [7, 11) is 0. The second-order valence-electron chi connectivity index (χ2n) is 2.78. The SMILES string of the molecule is Cc1[nH]nc2c1NC(=O)O[C@H]2C. The second kappa shape index (κ2) is 2.23. The smallest absolute Gasteiger partial charge is 0.412 e. The molecule has 0 spiro atoms. The van der Waals surface area contributed by atoms with Gasteiger partial charge in [0.1, 0.15) is 11.8 Å².